The predicted molar refractivity (Wildman–Crippen MR) is 86.6 cm³/mol. The smallest absolute Gasteiger partial charge is 0.0681 e. The van der Waals surface area contributed by atoms with Crippen LogP contribution in [-0.4, -0.2) is 11.2 Å². The molecule has 5 heteroatoms. The molecule has 112 valence electrons. The molecule has 0 amide bonds. The highest BCUT2D eigenvalue weighted by molar-refractivity contribution is 9.10. The number of nitrogens with two attached hydrogens (primary N) is 1. The molecule has 1 fully saturated rings. The first-order valence-electron chi connectivity index (χ1n) is 6.77. The summed E-state index contributed by atoms with van der Waals surface area (Å²) in [6.07, 6.45) is 0.932. The lowest BCUT2D eigenvalue weighted by Crippen LogP contribution is -2.41. The van der Waals surface area contributed by atoms with Gasteiger partial charge in [-0.1, -0.05) is 33.6 Å². The molecule has 1 heterocycles. The van der Waals surface area contributed by atoms with E-state index in [0.717, 1.165) is 16.5 Å². The maximum absolute atomic E-state index is 6.38. The molecule has 2 atom stereocenters. The van der Waals surface area contributed by atoms with Crippen molar-refractivity contribution in [1.29, 1.82) is 0 Å². The summed E-state index contributed by atoms with van der Waals surface area (Å²) in [6.45, 7) is 8.46. The predicted octanol–water partition coefficient (Wildman–Crippen LogP) is 4.20. The van der Waals surface area contributed by atoms with E-state index in [9.17, 15) is 0 Å². The van der Waals surface area contributed by atoms with Gasteiger partial charge in [0.1, 0.15) is 0 Å². The van der Waals surface area contributed by atoms with E-state index in [2.05, 4.69) is 49.1 Å². The molecule has 2 rings (SSSR count). The van der Waals surface area contributed by atoms with Crippen molar-refractivity contribution in [3.8, 4) is 0 Å². The maximum atomic E-state index is 6.38. The van der Waals surface area contributed by atoms with Crippen LogP contribution in [0.4, 0.5) is 0 Å². The third kappa shape index (κ3) is 3.20. The van der Waals surface area contributed by atoms with E-state index in [1.165, 1.54) is 0 Å². The van der Waals surface area contributed by atoms with Crippen LogP contribution in [-0.2, 0) is 4.74 Å². The van der Waals surface area contributed by atoms with Crippen LogP contribution in [0.25, 0.3) is 0 Å². The van der Waals surface area contributed by atoms with Gasteiger partial charge in [-0.05, 0) is 51.8 Å². The van der Waals surface area contributed by atoms with Crippen molar-refractivity contribution in [2.24, 2.45) is 11.8 Å². The second kappa shape index (κ2) is 5.58. The van der Waals surface area contributed by atoms with Crippen LogP contribution in [0.2, 0.25) is 5.02 Å². The minimum atomic E-state index is -0.253. The average Bonchev–Trinajstić information content (AvgIpc) is 2.51. The molecule has 1 aromatic carbocycles. The van der Waals surface area contributed by atoms with Gasteiger partial charge in [-0.25, -0.2) is 0 Å². The van der Waals surface area contributed by atoms with E-state index in [1.807, 2.05) is 18.2 Å². The number of ether oxygens (including phenoxy) is 1. The molecule has 1 saturated heterocycles. The van der Waals surface area contributed by atoms with Crippen LogP contribution >= 0.6 is 27.5 Å². The summed E-state index contributed by atoms with van der Waals surface area (Å²) in [5, 5.41) is 0.711. The van der Waals surface area contributed by atoms with Gasteiger partial charge in [0, 0.05) is 15.4 Å². The third-order valence-corrected chi connectivity index (χ3v) is 4.84. The van der Waals surface area contributed by atoms with Gasteiger partial charge in [-0.3, -0.25) is 11.3 Å². The Morgan fingerprint density at radius 2 is 2.05 bits per heavy atom. The van der Waals surface area contributed by atoms with Crippen LogP contribution in [0.1, 0.15) is 45.7 Å². The molecule has 20 heavy (non-hydrogen) atoms. The Labute approximate surface area is 134 Å². The lowest BCUT2D eigenvalue weighted by molar-refractivity contribution is -0.0778. The van der Waals surface area contributed by atoms with E-state index < -0.39 is 0 Å². The van der Waals surface area contributed by atoms with E-state index in [4.69, 9.17) is 22.2 Å². The standard InChI is InChI=1S/C15H22BrClN2O/c1-14(2)8-11(15(3,4)20-14)13(19-18)10-6-5-9(16)7-12(10)17/h5-7,11,13,19H,8,18H2,1-4H3. The molecule has 0 spiro atoms. The van der Waals surface area contributed by atoms with Gasteiger partial charge in [-0.15, -0.1) is 0 Å². The van der Waals surface area contributed by atoms with Crippen molar-refractivity contribution < 1.29 is 4.74 Å². The number of hydrogen-bond acceptors (Lipinski definition) is 3. The summed E-state index contributed by atoms with van der Waals surface area (Å²) in [6, 6.07) is 5.86. The van der Waals surface area contributed by atoms with E-state index in [-0.39, 0.29) is 23.2 Å². The summed E-state index contributed by atoms with van der Waals surface area (Å²) >= 11 is 9.81. The lowest BCUT2D eigenvalue weighted by atomic mass is 9.79. The first-order valence-corrected chi connectivity index (χ1v) is 7.95. The second-order valence-corrected chi connectivity index (χ2v) is 7.91. The molecule has 1 aromatic rings. The van der Waals surface area contributed by atoms with Crippen molar-refractivity contribution in [1.82, 2.24) is 5.43 Å². The Morgan fingerprint density at radius 1 is 1.40 bits per heavy atom. The first-order chi connectivity index (χ1) is 9.16. The van der Waals surface area contributed by atoms with Gasteiger partial charge in [-0.2, -0.15) is 0 Å². The summed E-state index contributed by atoms with van der Waals surface area (Å²) in [5.74, 6) is 6.08. The number of rotatable bonds is 3. The summed E-state index contributed by atoms with van der Waals surface area (Å²) in [5.41, 5.74) is 3.54. The molecule has 3 nitrogen and oxygen atoms in total. The molecule has 0 saturated carbocycles. The van der Waals surface area contributed by atoms with Crippen LogP contribution in [0.15, 0.2) is 22.7 Å². The molecule has 3 N–H and O–H groups in total. The molecule has 2 unspecified atom stereocenters. The van der Waals surface area contributed by atoms with Gasteiger partial charge >= 0.3 is 0 Å². The zero-order chi connectivity index (χ0) is 15.1. The average molecular weight is 362 g/mol. The summed E-state index contributed by atoms with van der Waals surface area (Å²) in [4.78, 5) is 0. The fourth-order valence-electron chi connectivity index (χ4n) is 3.30. The molecular formula is C15H22BrClN2O. The number of hydrazine groups is 1. The third-order valence-electron chi connectivity index (χ3n) is 4.02. The molecule has 0 radical (unpaired) electrons. The minimum absolute atomic E-state index is 0.0348. The topological polar surface area (TPSA) is 47.3 Å². The maximum Gasteiger partial charge on any atom is 0.0681 e. The fraction of sp³-hybridized carbons (Fsp3) is 0.600. The largest absolute Gasteiger partial charge is 0.369 e. The number of halogens is 2. The van der Waals surface area contributed by atoms with Gasteiger partial charge < -0.3 is 4.74 Å². The number of benzene rings is 1. The minimum Gasteiger partial charge on any atom is -0.369 e. The van der Waals surface area contributed by atoms with Crippen LogP contribution in [0, 0.1) is 5.92 Å². The number of hydrogen-bond donors (Lipinski definition) is 2. The highest BCUT2D eigenvalue weighted by Crippen LogP contribution is 2.48. The normalized spacial score (nSPS) is 25.6. The van der Waals surface area contributed by atoms with Gasteiger partial charge in [0.25, 0.3) is 0 Å². The number of nitrogens with one attached hydrogen (secondary N) is 1. The zero-order valence-electron chi connectivity index (χ0n) is 12.3. The highest BCUT2D eigenvalue weighted by Gasteiger charge is 2.49. The molecular weight excluding hydrogens is 340 g/mol. The zero-order valence-corrected chi connectivity index (χ0v) is 14.7. The Morgan fingerprint density at radius 3 is 2.50 bits per heavy atom. The van der Waals surface area contributed by atoms with Gasteiger partial charge in [0.15, 0.2) is 0 Å². The molecule has 1 aliphatic heterocycles. The summed E-state index contributed by atoms with van der Waals surface area (Å²) < 4.78 is 7.13. The fourth-order valence-corrected chi connectivity index (χ4v) is 4.09. The van der Waals surface area contributed by atoms with Gasteiger partial charge in [0.2, 0.25) is 0 Å². The van der Waals surface area contributed by atoms with E-state index >= 15 is 0 Å². The van der Waals surface area contributed by atoms with Gasteiger partial charge in [0.05, 0.1) is 17.2 Å². The van der Waals surface area contributed by atoms with Crippen molar-refractivity contribution in [2.45, 2.75) is 51.4 Å². The van der Waals surface area contributed by atoms with Crippen LogP contribution in [0.3, 0.4) is 0 Å². The van der Waals surface area contributed by atoms with Crippen molar-refractivity contribution >= 4 is 27.5 Å². The van der Waals surface area contributed by atoms with E-state index in [1.54, 1.807) is 0 Å². The van der Waals surface area contributed by atoms with E-state index in [0.29, 0.717) is 5.02 Å². The molecule has 0 aliphatic carbocycles. The highest BCUT2D eigenvalue weighted by atomic mass is 79.9. The molecule has 1 aliphatic rings. The van der Waals surface area contributed by atoms with Crippen LogP contribution < -0.4 is 11.3 Å². The Bertz CT molecular complexity index is 505. The van der Waals surface area contributed by atoms with Crippen LogP contribution in [0.5, 0.6) is 0 Å². The van der Waals surface area contributed by atoms with Crippen molar-refractivity contribution in [3.63, 3.8) is 0 Å². The van der Waals surface area contributed by atoms with Crippen molar-refractivity contribution in [2.75, 3.05) is 0 Å². The van der Waals surface area contributed by atoms with Crippen molar-refractivity contribution in [3.05, 3.63) is 33.3 Å². The molecule has 0 aromatic heterocycles. The lowest BCUT2D eigenvalue weighted by Gasteiger charge is -2.33. The Balaban J connectivity index is 2.37. The SMILES string of the molecule is CC1(C)CC(C(NN)c2ccc(Br)cc2Cl)C(C)(C)O1. The Hall–Kier alpha value is -0.130. The second-order valence-electron chi connectivity index (χ2n) is 6.59. The summed E-state index contributed by atoms with van der Waals surface area (Å²) in [7, 11) is 0. The first kappa shape index (κ1) is 16.2. The molecule has 0 bridgehead atoms. The monoisotopic (exact) mass is 360 g/mol. The quantitative estimate of drug-likeness (QED) is 0.626. The Kier molecular flexibility index (Phi) is 4.53.